The van der Waals surface area contributed by atoms with Gasteiger partial charge in [-0.2, -0.15) is 5.26 Å². The first-order valence-electron chi connectivity index (χ1n) is 9.06. The van der Waals surface area contributed by atoms with E-state index in [4.69, 9.17) is 20.8 Å². The first kappa shape index (κ1) is 20.8. The first-order valence-corrected chi connectivity index (χ1v) is 9.06. The number of hydrogen-bond acceptors (Lipinski definition) is 5. The summed E-state index contributed by atoms with van der Waals surface area (Å²) in [5, 5.41) is 17.7. The third-order valence-corrected chi connectivity index (χ3v) is 4.81. The summed E-state index contributed by atoms with van der Waals surface area (Å²) in [7, 11) is 0. The van der Waals surface area contributed by atoms with Gasteiger partial charge < -0.3 is 20.5 Å². The number of ether oxygens (including phenoxy) is 1. The largest absolute Gasteiger partial charge is 0.488 e. The summed E-state index contributed by atoms with van der Waals surface area (Å²) in [5.74, 6) is -3.10. The molecule has 0 aromatic heterocycles. The summed E-state index contributed by atoms with van der Waals surface area (Å²) < 4.78 is 19.8. The Labute approximate surface area is 171 Å². The zero-order valence-electron chi connectivity index (χ0n) is 15.8. The zero-order chi connectivity index (χ0) is 21.8. The van der Waals surface area contributed by atoms with Crippen molar-refractivity contribution in [3.8, 4) is 11.8 Å². The van der Waals surface area contributed by atoms with Gasteiger partial charge in [-0.3, -0.25) is 14.4 Å². The Morgan fingerprint density at radius 1 is 1.30 bits per heavy atom. The van der Waals surface area contributed by atoms with E-state index in [-0.39, 0.29) is 37.3 Å². The number of carbonyl (C=O) groups is 3. The van der Waals surface area contributed by atoms with Crippen molar-refractivity contribution in [1.29, 1.82) is 5.26 Å². The predicted octanol–water partition coefficient (Wildman–Crippen LogP) is 1.95. The van der Waals surface area contributed by atoms with Gasteiger partial charge in [0.05, 0.1) is 23.7 Å². The molecule has 2 aromatic rings. The lowest BCUT2D eigenvalue weighted by Crippen LogP contribution is -2.45. The number of nitrogens with zero attached hydrogens (tertiary/aromatic N) is 2. The van der Waals surface area contributed by atoms with Gasteiger partial charge in [0.1, 0.15) is 24.2 Å². The van der Waals surface area contributed by atoms with Gasteiger partial charge in [0, 0.05) is 18.1 Å². The van der Waals surface area contributed by atoms with Crippen molar-refractivity contribution in [2.75, 3.05) is 0 Å². The Morgan fingerprint density at radius 2 is 2.00 bits per heavy atom. The molecule has 0 bridgehead atoms. The van der Waals surface area contributed by atoms with Crippen LogP contribution in [0.5, 0.6) is 5.75 Å². The van der Waals surface area contributed by atoms with E-state index < -0.39 is 29.6 Å². The molecule has 1 aliphatic rings. The number of fused-ring (bicyclic) bond motifs is 1. The van der Waals surface area contributed by atoms with E-state index >= 15 is 0 Å². The number of aliphatic carboxylic acids is 1. The van der Waals surface area contributed by atoms with E-state index in [1.165, 1.54) is 0 Å². The lowest BCUT2D eigenvalue weighted by atomic mass is 10.1. The van der Waals surface area contributed by atoms with Crippen LogP contribution in [0.4, 0.5) is 4.39 Å². The van der Waals surface area contributed by atoms with Crippen LogP contribution in [-0.4, -0.2) is 33.8 Å². The van der Waals surface area contributed by atoms with Crippen LogP contribution in [0.3, 0.4) is 0 Å². The normalized spacial score (nSPS) is 13.5. The maximum absolute atomic E-state index is 14.1. The molecule has 0 spiro atoms. The number of carbonyl (C=O) groups excluding carboxylic acids is 2. The van der Waals surface area contributed by atoms with Crippen LogP contribution in [0.2, 0.25) is 0 Å². The molecule has 0 saturated heterocycles. The van der Waals surface area contributed by atoms with Gasteiger partial charge in [0.2, 0.25) is 5.91 Å². The molecule has 2 aromatic carbocycles. The number of amides is 2. The fourth-order valence-electron chi connectivity index (χ4n) is 3.29. The average Bonchev–Trinajstić information content (AvgIpc) is 3.03. The average molecular weight is 411 g/mol. The highest BCUT2D eigenvalue weighted by Crippen LogP contribution is 2.34. The summed E-state index contributed by atoms with van der Waals surface area (Å²) in [5.41, 5.74) is 7.05. The lowest BCUT2D eigenvalue weighted by Gasteiger charge is -2.24. The highest BCUT2D eigenvalue weighted by atomic mass is 19.1. The molecule has 1 aliphatic heterocycles. The van der Waals surface area contributed by atoms with Crippen molar-refractivity contribution >= 4 is 17.8 Å². The van der Waals surface area contributed by atoms with Gasteiger partial charge in [-0.1, -0.05) is 12.1 Å². The van der Waals surface area contributed by atoms with Crippen molar-refractivity contribution in [2.45, 2.75) is 32.0 Å². The van der Waals surface area contributed by atoms with Crippen LogP contribution in [0.15, 0.2) is 36.4 Å². The third kappa shape index (κ3) is 4.38. The molecule has 1 atom stereocenters. The van der Waals surface area contributed by atoms with Crippen molar-refractivity contribution in [1.82, 2.24) is 4.90 Å². The number of benzene rings is 2. The van der Waals surface area contributed by atoms with Crippen LogP contribution in [0, 0.1) is 17.1 Å². The first-order chi connectivity index (χ1) is 14.3. The molecule has 0 saturated carbocycles. The minimum absolute atomic E-state index is 0.0476. The minimum Gasteiger partial charge on any atom is -0.488 e. The Bertz CT molecular complexity index is 1050. The summed E-state index contributed by atoms with van der Waals surface area (Å²) in [6, 6.07) is 9.73. The highest BCUT2D eigenvalue weighted by Gasteiger charge is 2.37. The molecule has 1 heterocycles. The van der Waals surface area contributed by atoms with Crippen LogP contribution in [0.1, 0.15) is 39.9 Å². The number of primary amides is 1. The second kappa shape index (κ2) is 8.61. The molecule has 0 radical (unpaired) electrons. The molecule has 8 nitrogen and oxygen atoms in total. The van der Waals surface area contributed by atoms with Gasteiger partial charge in [-0.25, -0.2) is 4.39 Å². The van der Waals surface area contributed by atoms with Crippen molar-refractivity contribution in [3.63, 3.8) is 0 Å². The molecule has 0 unspecified atom stereocenters. The number of carboxylic acids is 1. The maximum atomic E-state index is 14.1. The molecule has 0 aliphatic carbocycles. The van der Waals surface area contributed by atoms with Gasteiger partial charge in [-0.15, -0.1) is 0 Å². The van der Waals surface area contributed by atoms with Gasteiger partial charge in [-0.05, 0) is 30.2 Å². The van der Waals surface area contributed by atoms with E-state index in [1.54, 1.807) is 24.3 Å². The molecule has 30 heavy (non-hydrogen) atoms. The predicted molar refractivity (Wildman–Crippen MR) is 102 cm³/mol. The van der Waals surface area contributed by atoms with E-state index in [1.807, 2.05) is 6.07 Å². The zero-order valence-corrected chi connectivity index (χ0v) is 15.8. The summed E-state index contributed by atoms with van der Waals surface area (Å²) in [4.78, 5) is 36.6. The molecule has 154 valence electrons. The summed E-state index contributed by atoms with van der Waals surface area (Å²) in [6.45, 7) is 0.0262. The number of nitrogens with two attached hydrogens (primary N) is 1. The van der Waals surface area contributed by atoms with Crippen LogP contribution in [0.25, 0.3) is 0 Å². The van der Waals surface area contributed by atoms with Gasteiger partial charge >= 0.3 is 5.97 Å². The molecule has 3 N–H and O–H groups in total. The third-order valence-electron chi connectivity index (χ3n) is 4.81. The van der Waals surface area contributed by atoms with E-state index in [9.17, 15) is 18.8 Å². The van der Waals surface area contributed by atoms with Gasteiger partial charge in [0.25, 0.3) is 5.91 Å². The molecule has 3 rings (SSSR count). The summed E-state index contributed by atoms with van der Waals surface area (Å²) >= 11 is 0. The Hall–Kier alpha value is -3.93. The fourth-order valence-corrected chi connectivity index (χ4v) is 3.29. The number of nitriles is 1. The number of halogens is 1. The van der Waals surface area contributed by atoms with Crippen LogP contribution >= 0.6 is 0 Å². The maximum Gasteiger partial charge on any atom is 0.303 e. The highest BCUT2D eigenvalue weighted by molar-refractivity contribution is 6.01. The monoisotopic (exact) mass is 411 g/mol. The Kier molecular flexibility index (Phi) is 5.97. The Morgan fingerprint density at radius 3 is 2.60 bits per heavy atom. The number of hydrogen-bond donors (Lipinski definition) is 2. The smallest absolute Gasteiger partial charge is 0.303 e. The topological polar surface area (TPSA) is 134 Å². The number of rotatable bonds is 8. The molecular formula is C21H18FN3O5. The molecular weight excluding hydrogens is 393 g/mol. The fraction of sp³-hybridized carbons (Fsp3) is 0.238. The van der Waals surface area contributed by atoms with E-state index in [0.29, 0.717) is 11.1 Å². The SMILES string of the molecule is N#Cc1ccc(COc2cc(F)cc3c2CN([C@@H](CCC(=O)O)C(N)=O)C3=O)cc1. The second-order valence-electron chi connectivity index (χ2n) is 6.81. The lowest BCUT2D eigenvalue weighted by molar-refractivity contribution is -0.137. The van der Waals surface area contributed by atoms with Crippen LogP contribution in [-0.2, 0) is 22.7 Å². The molecule has 2 amide bonds. The second-order valence-corrected chi connectivity index (χ2v) is 6.81. The van der Waals surface area contributed by atoms with Crippen molar-refractivity contribution < 1.29 is 28.6 Å². The van der Waals surface area contributed by atoms with E-state index in [0.717, 1.165) is 22.6 Å². The van der Waals surface area contributed by atoms with E-state index in [2.05, 4.69) is 0 Å². The molecule has 0 fully saturated rings. The quantitative estimate of drug-likeness (QED) is 0.682. The van der Waals surface area contributed by atoms with Crippen LogP contribution < -0.4 is 10.5 Å². The summed E-state index contributed by atoms with van der Waals surface area (Å²) in [6.07, 6.45) is -0.488. The van der Waals surface area contributed by atoms with Gasteiger partial charge in [0.15, 0.2) is 0 Å². The molecule has 9 heteroatoms. The Balaban J connectivity index is 1.83. The standard InChI is InChI=1S/C21H18FN3O5/c22-14-7-15-16(10-25(21(15)29)17(20(24)28)5-6-19(26)27)18(8-14)30-11-13-3-1-12(9-23)2-4-13/h1-4,7-8,17H,5-6,10-11H2,(H2,24,28)(H,26,27)/t17-/m0/s1. The van der Waals surface area contributed by atoms with Crippen molar-refractivity contribution in [3.05, 3.63) is 64.5 Å². The van der Waals surface area contributed by atoms with Crippen molar-refractivity contribution in [2.24, 2.45) is 5.73 Å². The minimum atomic E-state index is -1.13. The number of carboxylic acid groups (broad SMARTS) is 1.